The first kappa shape index (κ1) is 23.4. The Hall–Kier alpha value is -4.37. The van der Waals surface area contributed by atoms with Gasteiger partial charge in [-0.25, -0.2) is 4.98 Å². The van der Waals surface area contributed by atoms with Crippen LogP contribution in [0.3, 0.4) is 0 Å². The molecule has 2 N–H and O–H groups in total. The zero-order chi connectivity index (χ0) is 25.6. The fourth-order valence-electron chi connectivity index (χ4n) is 4.32. The van der Waals surface area contributed by atoms with E-state index in [2.05, 4.69) is 15.0 Å². The molecule has 182 valence electrons. The number of Topliss-reactive ketones (excluding diaryl/α,β-unsaturated/α-hetero) is 1. The van der Waals surface area contributed by atoms with Gasteiger partial charge in [0, 0.05) is 18.5 Å². The molecule has 1 unspecified atom stereocenters. The molecule has 1 saturated heterocycles. The van der Waals surface area contributed by atoms with E-state index in [1.54, 1.807) is 18.3 Å². The van der Waals surface area contributed by atoms with Crippen molar-refractivity contribution in [2.75, 3.05) is 19.1 Å². The summed E-state index contributed by atoms with van der Waals surface area (Å²) in [4.78, 5) is 39.9. The molecule has 2 aromatic heterocycles. The van der Waals surface area contributed by atoms with Crippen LogP contribution in [0.2, 0.25) is 5.02 Å². The van der Waals surface area contributed by atoms with Gasteiger partial charge in [0.2, 0.25) is 5.95 Å². The monoisotopic (exact) mass is 504 g/mol. The van der Waals surface area contributed by atoms with Gasteiger partial charge in [-0.2, -0.15) is 0 Å². The minimum atomic E-state index is -1.01. The van der Waals surface area contributed by atoms with Crippen molar-refractivity contribution in [2.24, 2.45) is 0 Å². The van der Waals surface area contributed by atoms with Crippen molar-refractivity contribution in [3.8, 4) is 11.5 Å². The number of imidazole rings is 1. The van der Waals surface area contributed by atoms with Gasteiger partial charge in [0.15, 0.2) is 0 Å². The summed E-state index contributed by atoms with van der Waals surface area (Å²) in [5, 5.41) is 11.7. The minimum Gasteiger partial charge on any atom is -0.507 e. The highest BCUT2D eigenvalue weighted by Gasteiger charge is 2.48. The number of halogens is 1. The van der Waals surface area contributed by atoms with Crippen LogP contribution in [0.15, 0.2) is 60.4 Å². The molecular formula is C26H21ClN4O5. The lowest BCUT2D eigenvalue weighted by Crippen LogP contribution is -2.30. The number of hydrogen-bond acceptors (Lipinski definition) is 7. The second-order valence-electron chi connectivity index (χ2n) is 8.22. The number of aliphatic hydroxyl groups excluding tert-OH is 1. The Morgan fingerprint density at radius 2 is 1.89 bits per heavy atom. The average molecular weight is 505 g/mol. The number of carbonyl (C=O) groups excluding carboxylic acids is 2. The van der Waals surface area contributed by atoms with E-state index in [-0.39, 0.29) is 33.6 Å². The number of ether oxygens (including phenoxy) is 2. The summed E-state index contributed by atoms with van der Waals surface area (Å²) >= 11 is 6.22. The summed E-state index contributed by atoms with van der Waals surface area (Å²) in [6.07, 6.45) is 3.11. The Labute approximate surface area is 211 Å². The third-order valence-corrected chi connectivity index (χ3v) is 6.32. The lowest BCUT2D eigenvalue weighted by molar-refractivity contribution is -0.132. The first-order valence-electron chi connectivity index (χ1n) is 10.9. The van der Waals surface area contributed by atoms with E-state index in [9.17, 15) is 14.7 Å². The molecule has 3 heterocycles. The number of nitrogens with zero attached hydrogens (tertiary/aromatic N) is 3. The number of nitrogens with one attached hydrogen (secondary N) is 1. The van der Waals surface area contributed by atoms with Crippen molar-refractivity contribution in [1.29, 1.82) is 0 Å². The van der Waals surface area contributed by atoms with Crippen LogP contribution >= 0.6 is 11.6 Å². The second kappa shape index (κ2) is 9.01. The van der Waals surface area contributed by atoms with Gasteiger partial charge in [-0.3, -0.25) is 19.5 Å². The maximum Gasteiger partial charge on any atom is 0.302 e. The topological polar surface area (TPSA) is 118 Å². The van der Waals surface area contributed by atoms with Gasteiger partial charge in [0.05, 0.1) is 47.5 Å². The number of rotatable bonds is 5. The van der Waals surface area contributed by atoms with Gasteiger partial charge in [0.1, 0.15) is 17.3 Å². The Morgan fingerprint density at radius 1 is 1.11 bits per heavy atom. The van der Waals surface area contributed by atoms with E-state index < -0.39 is 23.5 Å². The zero-order valence-corrected chi connectivity index (χ0v) is 20.3. The summed E-state index contributed by atoms with van der Waals surface area (Å²) < 4.78 is 10.7. The number of anilines is 1. The van der Waals surface area contributed by atoms with Crippen LogP contribution in [0, 0.1) is 6.92 Å². The Morgan fingerprint density at radius 3 is 2.58 bits per heavy atom. The van der Waals surface area contributed by atoms with Gasteiger partial charge < -0.3 is 19.6 Å². The zero-order valence-electron chi connectivity index (χ0n) is 19.6. The molecule has 0 radical (unpaired) electrons. The minimum absolute atomic E-state index is 0.144. The molecule has 1 aliphatic heterocycles. The maximum atomic E-state index is 13.4. The van der Waals surface area contributed by atoms with Crippen LogP contribution in [0.25, 0.3) is 16.8 Å². The van der Waals surface area contributed by atoms with E-state index in [1.165, 1.54) is 37.4 Å². The van der Waals surface area contributed by atoms with E-state index >= 15 is 0 Å². The summed E-state index contributed by atoms with van der Waals surface area (Å²) in [7, 11) is 2.83. The lowest BCUT2D eigenvalue weighted by Gasteiger charge is -2.23. The van der Waals surface area contributed by atoms with E-state index in [0.29, 0.717) is 16.6 Å². The van der Waals surface area contributed by atoms with Gasteiger partial charge in [-0.15, -0.1) is 0 Å². The number of methoxy groups -OCH3 is 2. The first-order valence-corrected chi connectivity index (χ1v) is 11.3. The standard InChI is InChI=1S/C26H21ClN4O5/c1-13-6-7-17-18(9-13)30-26(29-17)31-22(14-5-4-8-28-12-14)21(24(33)25(31)34)23(32)15-10-20(36-3)16(27)11-19(15)35-2/h4-12,22,32H,1-3H3,(H,29,30)/b23-21+. The molecule has 5 rings (SSSR count). The predicted molar refractivity (Wildman–Crippen MR) is 134 cm³/mol. The van der Waals surface area contributed by atoms with Gasteiger partial charge in [-0.1, -0.05) is 23.7 Å². The number of hydrogen-bond donors (Lipinski definition) is 2. The van der Waals surface area contributed by atoms with Crippen LogP contribution < -0.4 is 14.4 Å². The highest BCUT2D eigenvalue weighted by atomic mass is 35.5. The SMILES string of the molecule is COc1cc(/C(O)=C2\C(=O)C(=O)N(c3nc4ccc(C)cc4[nH]3)C2c2cccnc2)c(OC)cc1Cl. The molecule has 10 heteroatoms. The van der Waals surface area contributed by atoms with Crippen LogP contribution in [-0.2, 0) is 9.59 Å². The largest absolute Gasteiger partial charge is 0.507 e. The third-order valence-electron chi connectivity index (χ3n) is 6.03. The van der Waals surface area contributed by atoms with E-state index in [4.69, 9.17) is 21.1 Å². The molecule has 4 aromatic rings. The van der Waals surface area contributed by atoms with Crippen molar-refractivity contribution >= 4 is 46.0 Å². The molecule has 1 aliphatic rings. The smallest absolute Gasteiger partial charge is 0.302 e. The van der Waals surface area contributed by atoms with Crippen LogP contribution in [0.5, 0.6) is 11.5 Å². The molecule has 1 fully saturated rings. The summed E-state index contributed by atoms with van der Waals surface area (Å²) in [6.45, 7) is 1.94. The molecule has 0 bridgehead atoms. The number of fused-ring (bicyclic) bond motifs is 1. The number of benzene rings is 2. The van der Waals surface area contributed by atoms with Crippen molar-refractivity contribution in [2.45, 2.75) is 13.0 Å². The van der Waals surface area contributed by atoms with Crippen LogP contribution in [-0.4, -0.2) is 46.0 Å². The van der Waals surface area contributed by atoms with E-state index in [0.717, 1.165) is 5.56 Å². The number of ketones is 1. The number of amides is 1. The molecule has 1 amide bonds. The molecule has 1 atom stereocenters. The average Bonchev–Trinajstić information content (AvgIpc) is 3.41. The normalized spacial score (nSPS) is 17.1. The van der Waals surface area contributed by atoms with Gasteiger partial charge in [0.25, 0.3) is 5.78 Å². The molecule has 0 aliphatic carbocycles. The number of aliphatic hydroxyl groups is 1. The van der Waals surface area contributed by atoms with Crippen LogP contribution in [0.1, 0.15) is 22.7 Å². The molecule has 9 nitrogen and oxygen atoms in total. The maximum absolute atomic E-state index is 13.4. The quantitative estimate of drug-likeness (QED) is 0.232. The van der Waals surface area contributed by atoms with E-state index in [1.807, 2.05) is 25.1 Å². The molecule has 0 saturated carbocycles. The Bertz CT molecular complexity index is 1550. The Kier molecular flexibility index (Phi) is 5.85. The van der Waals surface area contributed by atoms with Crippen molar-refractivity contribution in [1.82, 2.24) is 15.0 Å². The van der Waals surface area contributed by atoms with Gasteiger partial charge in [-0.05, 0) is 42.3 Å². The fourth-order valence-corrected chi connectivity index (χ4v) is 4.55. The molecular weight excluding hydrogens is 484 g/mol. The summed E-state index contributed by atoms with van der Waals surface area (Å²) in [5.74, 6) is -1.53. The predicted octanol–water partition coefficient (Wildman–Crippen LogP) is 4.56. The van der Waals surface area contributed by atoms with Crippen molar-refractivity contribution in [3.05, 3.63) is 82.1 Å². The number of carbonyl (C=O) groups is 2. The summed E-state index contributed by atoms with van der Waals surface area (Å²) in [6, 6.07) is 10.9. The van der Waals surface area contributed by atoms with Gasteiger partial charge >= 0.3 is 5.91 Å². The Balaban J connectivity index is 1.76. The van der Waals surface area contributed by atoms with Crippen molar-refractivity contribution in [3.63, 3.8) is 0 Å². The number of aryl methyl sites for hydroxylation is 1. The molecule has 2 aromatic carbocycles. The third kappa shape index (κ3) is 3.74. The molecule has 0 spiro atoms. The number of H-pyrrole nitrogens is 1. The lowest BCUT2D eigenvalue weighted by atomic mass is 9.96. The molecule has 36 heavy (non-hydrogen) atoms. The number of aromatic amines is 1. The van der Waals surface area contributed by atoms with Crippen LogP contribution in [0.4, 0.5) is 5.95 Å². The fraction of sp³-hybridized carbons (Fsp3) is 0.154. The number of aromatic nitrogens is 3. The highest BCUT2D eigenvalue weighted by Crippen LogP contribution is 2.44. The number of pyridine rings is 1. The second-order valence-corrected chi connectivity index (χ2v) is 8.63. The van der Waals surface area contributed by atoms with Crippen molar-refractivity contribution < 1.29 is 24.2 Å². The first-order chi connectivity index (χ1) is 17.3. The summed E-state index contributed by atoms with van der Waals surface area (Å²) in [5.41, 5.74) is 2.85. The highest BCUT2D eigenvalue weighted by molar-refractivity contribution is 6.51.